The number of rotatable bonds is 15. The molecular weight excluding hydrogens is 367 g/mol. The van der Waals surface area contributed by atoms with Crippen LogP contribution in [0, 0.1) is 0 Å². The van der Waals surface area contributed by atoms with Crippen molar-refractivity contribution in [1.82, 2.24) is 0 Å². The molecule has 6 nitrogen and oxygen atoms in total. The van der Waals surface area contributed by atoms with Crippen LogP contribution in [0.4, 0.5) is 0 Å². The van der Waals surface area contributed by atoms with Crippen molar-refractivity contribution in [3.05, 3.63) is 30.3 Å². The zero-order valence-corrected chi connectivity index (χ0v) is 16.0. The zero-order valence-electron chi connectivity index (χ0n) is 15.2. The van der Waals surface area contributed by atoms with E-state index in [2.05, 4.69) is 6.92 Å². The van der Waals surface area contributed by atoms with Gasteiger partial charge in [-0.2, -0.15) is 8.42 Å². The summed E-state index contributed by atoms with van der Waals surface area (Å²) in [6.45, 7) is 4.20. The van der Waals surface area contributed by atoms with Crippen LogP contribution in [0.15, 0.2) is 30.3 Å². The summed E-state index contributed by atoms with van der Waals surface area (Å²) < 4.78 is 44.2. The molecule has 26 heavy (non-hydrogen) atoms. The summed E-state index contributed by atoms with van der Waals surface area (Å²) in [5, 5.41) is 0. The van der Waals surface area contributed by atoms with E-state index < -0.39 is 16.7 Å². The van der Waals surface area contributed by atoms with Crippen molar-refractivity contribution in [3.63, 3.8) is 0 Å². The molecule has 146 valence electrons. The van der Waals surface area contributed by atoms with Crippen molar-refractivity contribution >= 4 is 40.0 Å². The van der Waals surface area contributed by atoms with Crippen LogP contribution in [-0.4, -0.2) is 64.1 Å². The summed E-state index contributed by atoms with van der Waals surface area (Å²) in [6.07, 6.45) is 5.49. The van der Waals surface area contributed by atoms with E-state index in [1.807, 2.05) is 18.2 Å². The molecule has 0 aliphatic carbocycles. The van der Waals surface area contributed by atoms with Crippen LogP contribution >= 0.6 is 0 Å². The summed E-state index contributed by atoms with van der Waals surface area (Å²) in [6, 6.07) is 9.02. The van der Waals surface area contributed by atoms with Crippen molar-refractivity contribution in [2.24, 2.45) is 0 Å². The first-order valence-electron chi connectivity index (χ1n) is 8.94. The van der Waals surface area contributed by atoms with E-state index in [0.29, 0.717) is 18.8 Å². The van der Waals surface area contributed by atoms with Gasteiger partial charge in [-0.05, 0) is 25.5 Å². The van der Waals surface area contributed by atoms with Gasteiger partial charge >= 0.3 is 40.0 Å². The maximum absolute atomic E-state index is 11.8. The molecule has 0 aliphatic rings. The third kappa shape index (κ3) is 13.1. The molecule has 0 aromatic heterocycles. The topological polar surface area (TPSA) is 71.1 Å². The Morgan fingerprint density at radius 1 is 0.923 bits per heavy atom. The number of hydrogen-bond acceptors (Lipinski definition) is 6. The van der Waals surface area contributed by atoms with Gasteiger partial charge in [-0.25, -0.2) is 8.37 Å². The standard InChI is InChI=1S/C18H30O6S.Na.H/c1-3-5-6-7-8-12-15-22-25(19,20)23-16-18(21-4-2)24-17-13-10-9-11-14-17;;/h9-11,13-14,18H,3-8,12,15-16H2,1-2H3;;. The van der Waals surface area contributed by atoms with Crippen LogP contribution in [-0.2, 0) is 23.5 Å². The molecule has 0 radical (unpaired) electrons. The normalized spacial score (nSPS) is 12.4. The van der Waals surface area contributed by atoms with Crippen LogP contribution in [0.2, 0.25) is 0 Å². The zero-order chi connectivity index (χ0) is 18.4. The molecule has 1 aromatic carbocycles. The Hall–Kier alpha value is -0.150. The minimum atomic E-state index is -4.04. The Labute approximate surface area is 180 Å². The Balaban J connectivity index is 0.00000625. The fraction of sp³-hybridized carbons (Fsp3) is 0.667. The summed E-state index contributed by atoms with van der Waals surface area (Å²) >= 11 is 0. The predicted octanol–water partition coefficient (Wildman–Crippen LogP) is 3.42. The van der Waals surface area contributed by atoms with Gasteiger partial charge in [0.1, 0.15) is 12.4 Å². The van der Waals surface area contributed by atoms with Gasteiger partial charge in [0.25, 0.3) is 0 Å². The van der Waals surface area contributed by atoms with Gasteiger partial charge in [-0.3, -0.25) is 0 Å². The summed E-state index contributed by atoms with van der Waals surface area (Å²) in [5.74, 6) is 0.579. The SMILES string of the molecule is CCCCCCCCOS(=O)(=O)OCC(OCC)Oc1ccccc1.[NaH]. The van der Waals surface area contributed by atoms with Crippen LogP contribution in [0.5, 0.6) is 5.75 Å². The van der Waals surface area contributed by atoms with E-state index in [0.717, 1.165) is 12.8 Å². The van der Waals surface area contributed by atoms with Gasteiger partial charge in [-0.1, -0.05) is 57.2 Å². The molecule has 0 heterocycles. The molecular formula is C18H31NaO6S. The van der Waals surface area contributed by atoms with Gasteiger partial charge < -0.3 is 9.47 Å². The fourth-order valence-electron chi connectivity index (χ4n) is 2.17. The molecule has 1 unspecified atom stereocenters. The molecule has 0 aliphatic heterocycles. The molecule has 1 atom stereocenters. The van der Waals surface area contributed by atoms with Gasteiger partial charge in [0, 0.05) is 6.61 Å². The minimum absolute atomic E-state index is 0. The van der Waals surface area contributed by atoms with Gasteiger partial charge in [0.15, 0.2) is 0 Å². The van der Waals surface area contributed by atoms with E-state index in [-0.39, 0.29) is 42.8 Å². The summed E-state index contributed by atoms with van der Waals surface area (Å²) in [4.78, 5) is 0. The second-order valence-corrected chi connectivity index (χ2v) is 6.89. The second kappa shape index (κ2) is 15.9. The van der Waals surface area contributed by atoms with E-state index in [1.165, 1.54) is 19.3 Å². The Morgan fingerprint density at radius 2 is 1.58 bits per heavy atom. The van der Waals surface area contributed by atoms with Crippen molar-refractivity contribution < 1.29 is 26.3 Å². The second-order valence-electron chi connectivity index (χ2n) is 5.60. The average molecular weight is 398 g/mol. The van der Waals surface area contributed by atoms with Crippen LogP contribution < -0.4 is 4.74 Å². The molecule has 1 aromatic rings. The number of unbranched alkanes of at least 4 members (excludes halogenated alkanes) is 5. The molecule has 0 saturated heterocycles. The molecule has 0 amide bonds. The third-order valence-electron chi connectivity index (χ3n) is 3.44. The van der Waals surface area contributed by atoms with Crippen molar-refractivity contribution in [2.75, 3.05) is 19.8 Å². The maximum atomic E-state index is 11.8. The van der Waals surface area contributed by atoms with Crippen molar-refractivity contribution in [2.45, 2.75) is 58.7 Å². The number of benzene rings is 1. The quantitative estimate of drug-likeness (QED) is 0.256. The van der Waals surface area contributed by atoms with Crippen LogP contribution in [0.25, 0.3) is 0 Å². The molecule has 0 bridgehead atoms. The molecule has 0 N–H and O–H groups in total. The Bertz CT molecular complexity index is 538. The van der Waals surface area contributed by atoms with E-state index >= 15 is 0 Å². The molecule has 0 fully saturated rings. The van der Waals surface area contributed by atoms with E-state index in [4.69, 9.17) is 17.8 Å². The average Bonchev–Trinajstić information content (AvgIpc) is 2.60. The summed E-state index contributed by atoms with van der Waals surface area (Å²) in [5.41, 5.74) is 0. The van der Waals surface area contributed by atoms with E-state index in [1.54, 1.807) is 19.1 Å². The summed E-state index contributed by atoms with van der Waals surface area (Å²) in [7, 11) is -4.04. The first-order chi connectivity index (χ1) is 12.1. The molecule has 0 saturated carbocycles. The predicted molar refractivity (Wildman–Crippen MR) is 104 cm³/mol. The van der Waals surface area contributed by atoms with Crippen molar-refractivity contribution in [3.8, 4) is 5.75 Å². The van der Waals surface area contributed by atoms with Crippen molar-refractivity contribution in [1.29, 1.82) is 0 Å². The van der Waals surface area contributed by atoms with Crippen LogP contribution in [0.3, 0.4) is 0 Å². The molecule has 1 rings (SSSR count). The fourth-order valence-corrected chi connectivity index (χ4v) is 2.84. The first-order valence-corrected chi connectivity index (χ1v) is 10.3. The third-order valence-corrected chi connectivity index (χ3v) is 4.32. The van der Waals surface area contributed by atoms with Gasteiger partial charge in [0.2, 0.25) is 6.29 Å². The first kappa shape index (κ1) is 25.9. The Kier molecular flexibility index (Phi) is 15.8. The monoisotopic (exact) mass is 398 g/mol. The number of ether oxygens (including phenoxy) is 2. The number of hydrogen-bond donors (Lipinski definition) is 0. The molecule has 8 heteroatoms. The van der Waals surface area contributed by atoms with Gasteiger partial charge in [-0.15, -0.1) is 0 Å². The van der Waals surface area contributed by atoms with Gasteiger partial charge in [0.05, 0.1) is 6.61 Å². The Morgan fingerprint density at radius 3 is 2.23 bits per heavy atom. The van der Waals surface area contributed by atoms with E-state index in [9.17, 15) is 8.42 Å². The van der Waals surface area contributed by atoms with Crippen LogP contribution in [0.1, 0.15) is 52.4 Å². The number of para-hydroxylation sites is 1. The molecule has 0 spiro atoms.